The van der Waals surface area contributed by atoms with Gasteiger partial charge in [0.2, 0.25) is 11.2 Å². The molecular formula is C13H22ClN5O. The van der Waals surface area contributed by atoms with Gasteiger partial charge in [-0.3, -0.25) is 4.90 Å². The molecule has 6 nitrogen and oxygen atoms in total. The average Bonchev–Trinajstić information content (AvgIpc) is 2.37. The van der Waals surface area contributed by atoms with Gasteiger partial charge in [-0.05, 0) is 38.9 Å². The van der Waals surface area contributed by atoms with Crippen LogP contribution in [0.4, 0.5) is 5.95 Å². The third-order valence-corrected chi connectivity index (χ3v) is 3.54. The summed E-state index contributed by atoms with van der Waals surface area (Å²) in [6.45, 7) is 12.1. The van der Waals surface area contributed by atoms with Crippen molar-refractivity contribution in [3.8, 4) is 6.01 Å². The summed E-state index contributed by atoms with van der Waals surface area (Å²) >= 11 is 5.97. The maximum absolute atomic E-state index is 5.97. The molecule has 1 fully saturated rings. The highest BCUT2D eigenvalue weighted by molar-refractivity contribution is 6.28. The molecule has 1 unspecified atom stereocenters. The van der Waals surface area contributed by atoms with Gasteiger partial charge in [0.15, 0.2) is 0 Å². The minimum absolute atomic E-state index is 0.0113. The zero-order valence-corrected chi connectivity index (χ0v) is 13.3. The molecule has 0 radical (unpaired) electrons. The summed E-state index contributed by atoms with van der Waals surface area (Å²) in [6.07, 6.45) is 0.0113. The summed E-state index contributed by atoms with van der Waals surface area (Å²) in [5.74, 6) is 0.600. The predicted molar refractivity (Wildman–Crippen MR) is 79.5 cm³/mol. The van der Waals surface area contributed by atoms with Crippen molar-refractivity contribution in [2.75, 3.05) is 31.1 Å². The molecular weight excluding hydrogens is 278 g/mol. The van der Waals surface area contributed by atoms with E-state index in [9.17, 15) is 0 Å². The number of piperazine rings is 1. The monoisotopic (exact) mass is 299 g/mol. The first-order chi connectivity index (χ1) is 9.49. The lowest BCUT2D eigenvalue weighted by atomic mass is 10.2. The zero-order chi connectivity index (χ0) is 14.7. The molecule has 2 heterocycles. The van der Waals surface area contributed by atoms with Gasteiger partial charge < -0.3 is 9.64 Å². The lowest BCUT2D eigenvalue weighted by Crippen LogP contribution is -2.52. The molecule has 0 aromatic carbocycles. The lowest BCUT2D eigenvalue weighted by Gasteiger charge is -2.39. The van der Waals surface area contributed by atoms with Crippen LogP contribution in [0.3, 0.4) is 0 Å². The number of ether oxygens (including phenoxy) is 1. The second-order valence-electron chi connectivity index (χ2n) is 5.28. The van der Waals surface area contributed by atoms with Crippen molar-refractivity contribution in [2.45, 2.75) is 39.8 Å². The second kappa shape index (κ2) is 6.54. The fourth-order valence-electron chi connectivity index (χ4n) is 2.37. The summed E-state index contributed by atoms with van der Waals surface area (Å²) in [7, 11) is 0. The summed E-state index contributed by atoms with van der Waals surface area (Å²) in [4.78, 5) is 17.2. The van der Waals surface area contributed by atoms with Crippen molar-refractivity contribution in [3.05, 3.63) is 5.28 Å². The van der Waals surface area contributed by atoms with Gasteiger partial charge in [-0.25, -0.2) is 0 Å². The van der Waals surface area contributed by atoms with E-state index < -0.39 is 0 Å². The minimum Gasteiger partial charge on any atom is -0.461 e. The van der Waals surface area contributed by atoms with E-state index in [2.05, 4.69) is 38.6 Å². The molecule has 1 aliphatic rings. The highest BCUT2D eigenvalue weighted by Crippen LogP contribution is 2.19. The Morgan fingerprint density at radius 1 is 1.30 bits per heavy atom. The van der Waals surface area contributed by atoms with Gasteiger partial charge in [0.05, 0.1) is 6.10 Å². The van der Waals surface area contributed by atoms with E-state index in [-0.39, 0.29) is 11.4 Å². The molecule has 1 atom stereocenters. The Morgan fingerprint density at radius 2 is 2.05 bits per heavy atom. The molecule has 0 amide bonds. The highest BCUT2D eigenvalue weighted by Gasteiger charge is 2.25. The number of aromatic nitrogens is 3. The highest BCUT2D eigenvalue weighted by atomic mass is 35.5. The molecule has 1 saturated heterocycles. The molecule has 0 N–H and O–H groups in total. The molecule has 112 valence electrons. The molecule has 1 aromatic heterocycles. The number of nitrogens with zero attached hydrogens (tertiary/aromatic N) is 5. The van der Waals surface area contributed by atoms with Crippen LogP contribution in [0.5, 0.6) is 6.01 Å². The topological polar surface area (TPSA) is 54.4 Å². The van der Waals surface area contributed by atoms with Gasteiger partial charge >= 0.3 is 6.01 Å². The van der Waals surface area contributed by atoms with Crippen LogP contribution in [-0.4, -0.2) is 58.2 Å². The normalized spacial score (nSPS) is 20.5. The van der Waals surface area contributed by atoms with E-state index in [1.165, 1.54) is 0 Å². The van der Waals surface area contributed by atoms with E-state index >= 15 is 0 Å². The second-order valence-corrected chi connectivity index (χ2v) is 5.62. The first kappa shape index (κ1) is 15.3. The number of rotatable bonds is 4. The molecule has 20 heavy (non-hydrogen) atoms. The summed E-state index contributed by atoms with van der Waals surface area (Å²) in [5, 5.41) is 0.177. The average molecular weight is 300 g/mol. The van der Waals surface area contributed by atoms with Crippen molar-refractivity contribution in [3.63, 3.8) is 0 Å². The van der Waals surface area contributed by atoms with Gasteiger partial charge in [-0.2, -0.15) is 15.0 Å². The van der Waals surface area contributed by atoms with Gasteiger partial charge in [-0.1, -0.05) is 6.92 Å². The van der Waals surface area contributed by atoms with Gasteiger partial charge in [0, 0.05) is 25.7 Å². The van der Waals surface area contributed by atoms with Crippen molar-refractivity contribution < 1.29 is 4.74 Å². The van der Waals surface area contributed by atoms with Crippen LogP contribution >= 0.6 is 11.6 Å². The van der Waals surface area contributed by atoms with Crippen LogP contribution < -0.4 is 9.64 Å². The third-order valence-electron chi connectivity index (χ3n) is 3.37. The van der Waals surface area contributed by atoms with Crippen LogP contribution in [0.15, 0.2) is 0 Å². The van der Waals surface area contributed by atoms with Crippen LogP contribution in [0.2, 0.25) is 5.28 Å². The van der Waals surface area contributed by atoms with E-state index in [1.54, 1.807) is 0 Å². The van der Waals surface area contributed by atoms with Crippen molar-refractivity contribution in [1.29, 1.82) is 0 Å². The predicted octanol–water partition coefficient (Wildman–Crippen LogP) is 1.84. The number of halogens is 1. The molecule has 2 rings (SSSR count). The molecule has 0 aliphatic carbocycles. The molecule has 7 heteroatoms. The van der Waals surface area contributed by atoms with E-state index in [0.29, 0.717) is 18.0 Å². The number of likely N-dealkylation sites (N-methyl/N-ethyl adjacent to an activating group) is 1. The first-order valence-electron chi connectivity index (χ1n) is 7.06. The van der Waals surface area contributed by atoms with E-state index in [0.717, 1.165) is 26.2 Å². The van der Waals surface area contributed by atoms with Crippen LogP contribution in [-0.2, 0) is 0 Å². The maximum atomic E-state index is 5.97. The van der Waals surface area contributed by atoms with E-state index in [1.807, 2.05) is 13.8 Å². The Labute approximate surface area is 125 Å². The van der Waals surface area contributed by atoms with Crippen molar-refractivity contribution in [2.24, 2.45) is 0 Å². The minimum atomic E-state index is 0.0113. The standard InChI is InChI=1S/C13H22ClN5O/c1-5-18-6-7-19(8-10(18)4)12-15-11(14)16-13(17-12)20-9(2)3/h9-10H,5-8H2,1-4H3. The number of hydrogen-bond donors (Lipinski definition) is 0. The fraction of sp³-hybridized carbons (Fsp3) is 0.769. The largest absolute Gasteiger partial charge is 0.461 e. The summed E-state index contributed by atoms with van der Waals surface area (Å²) in [6, 6.07) is 0.763. The smallest absolute Gasteiger partial charge is 0.322 e. The van der Waals surface area contributed by atoms with Gasteiger partial charge in [-0.15, -0.1) is 0 Å². The Morgan fingerprint density at radius 3 is 2.65 bits per heavy atom. The van der Waals surface area contributed by atoms with Gasteiger partial charge in [0.1, 0.15) is 0 Å². The molecule has 0 saturated carbocycles. The Kier molecular flexibility index (Phi) is 4.99. The van der Waals surface area contributed by atoms with Crippen molar-refractivity contribution >= 4 is 17.5 Å². The molecule has 0 bridgehead atoms. The first-order valence-corrected chi connectivity index (χ1v) is 7.44. The van der Waals surface area contributed by atoms with Crippen molar-refractivity contribution in [1.82, 2.24) is 19.9 Å². The SMILES string of the molecule is CCN1CCN(c2nc(Cl)nc(OC(C)C)n2)CC1C. The molecule has 1 aliphatic heterocycles. The Hall–Kier alpha value is -1.14. The maximum Gasteiger partial charge on any atom is 0.322 e. The number of hydrogen-bond acceptors (Lipinski definition) is 6. The molecule has 1 aromatic rings. The summed E-state index contributed by atoms with van der Waals surface area (Å²) in [5.41, 5.74) is 0. The zero-order valence-electron chi connectivity index (χ0n) is 12.5. The van der Waals surface area contributed by atoms with Crippen LogP contribution in [0.25, 0.3) is 0 Å². The lowest BCUT2D eigenvalue weighted by molar-refractivity contribution is 0.197. The Bertz CT molecular complexity index is 456. The van der Waals surface area contributed by atoms with Gasteiger partial charge in [0.25, 0.3) is 0 Å². The third kappa shape index (κ3) is 3.70. The number of anilines is 1. The fourth-order valence-corrected chi connectivity index (χ4v) is 2.52. The van der Waals surface area contributed by atoms with E-state index in [4.69, 9.17) is 16.3 Å². The Balaban J connectivity index is 2.14. The van der Waals surface area contributed by atoms with Crippen LogP contribution in [0.1, 0.15) is 27.7 Å². The molecule has 0 spiro atoms. The quantitative estimate of drug-likeness (QED) is 0.845. The summed E-state index contributed by atoms with van der Waals surface area (Å²) < 4.78 is 5.51. The van der Waals surface area contributed by atoms with Crippen LogP contribution in [0, 0.1) is 0 Å².